The molecule has 1 unspecified atom stereocenters. The first-order chi connectivity index (χ1) is 9.06. The Morgan fingerprint density at radius 1 is 1.53 bits per heavy atom. The molecular formula is C13H15BrN2O3. The molecule has 1 atom stereocenters. The Hall–Kier alpha value is -1.40. The van der Waals surface area contributed by atoms with Gasteiger partial charge in [0.25, 0.3) is 0 Å². The molecule has 19 heavy (non-hydrogen) atoms. The fraction of sp³-hybridized carbons (Fsp3) is 0.385. The first-order valence-electron chi connectivity index (χ1n) is 6.07. The van der Waals surface area contributed by atoms with Gasteiger partial charge in [0, 0.05) is 29.2 Å². The first-order valence-corrected chi connectivity index (χ1v) is 6.86. The largest absolute Gasteiger partial charge is 0.481 e. The smallest absolute Gasteiger partial charge is 0.303 e. The van der Waals surface area contributed by atoms with Crippen molar-refractivity contribution < 1.29 is 14.7 Å². The highest BCUT2D eigenvalue weighted by atomic mass is 79.9. The Bertz CT molecular complexity index is 493. The Labute approximate surface area is 119 Å². The van der Waals surface area contributed by atoms with Crippen molar-refractivity contribution in [3.8, 4) is 0 Å². The summed E-state index contributed by atoms with van der Waals surface area (Å²) in [6.07, 6.45) is 0.630. The number of nitrogens with one attached hydrogen (secondary N) is 1. The van der Waals surface area contributed by atoms with Crippen LogP contribution in [0.5, 0.6) is 0 Å². The summed E-state index contributed by atoms with van der Waals surface area (Å²) in [6, 6.07) is 7.56. The van der Waals surface area contributed by atoms with E-state index in [4.69, 9.17) is 5.11 Å². The number of carbonyl (C=O) groups is 2. The lowest BCUT2D eigenvalue weighted by molar-refractivity contribution is -0.137. The highest BCUT2D eigenvalue weighted by Gasteiger charge is 2.26. The molecular weight excluding hydrogens is 312 g/mol. The van der Waals surface area contributed by atoms with Gasteiger partial charge in [0.15, 0.2) is 0 Å². The molecule has 1 aromatic rings. The fourth-order valence-corrected chi connectivity index (χ4v) is 2.49. The number of anilines is 1. The van der Waals surface area contributed by atoms with E-state index < -0.39 is 5.97 Å². The molecule has 0 aliphatic carbocycles. The highest BCUT2D eigenvalue weighted by Crippen LogP contribution is 2.22. The van der Waals surface area contributed by atoms with Gasteiger partial charge in [-0.25, -0.2) is 0 Å². The van der Waals surface area contributed by atoms with Crippen molar-refractivity contribution in [2.75, 3.05) is 18.0 Å². The summed E-state index contributed by atoms with van der Waals surface area (Å²) >= 11 is 3.38. The molecule has 0 radical (unpaired) electrons. The van der Waals surface area contributed by atoms with Crippen LogP contribution in [0.25, 0.3) is 0 Å². The van der Waals surface area contributed by atoms with Crippen molar-refractivity contribution in [1.82, 2.24) is 5.32 Å². The van der Waals surface area contributed by atoms with Crippen LogP contribution in [-0.4, -0.2) is 36.1 Å². The van der Waals surface area contributed by atoms with Crippen molar-refractivity contribution in [1.29, 1.82) is 0 Å². The topological polar surface area (TPSA) is 69.6 Å². The third kappa shape index (κ3) is 3.78. The number of piperazine rings is 1. The zero-order valence-electron chi connectivity index (χ0n) is 10.3. The number of aliphatic carboxylic acids is 1. The Morgan fingerprint density at radius 2 is 2.32 bits per heavy atom. The monoisotopic (exact) mass is 326 g/mol. The molecule has 6 heteroatoms. The average molecular weight is 327 g/mol. The third-order valence-electron chi connectivity index (χ3n) is 3.07. The lowest BCUT2D eigenvalue weighted by atomic mass is 10.1. The molecule has 2 rings (SSSR count). The zero-order valence-corrected chi connectivity index (χ0v) is 11.9. The van der Waals surface area contributed by atoms with Gasteiger partial charge >= 0.3 is 5.97 Å². The van der Waals surface area contributed by atoms with Gasteiger partial charge in [-0.1, -0.05) is 22.0 Å². The number of nitrogens with zero attached hydrogens (tertiary/aromatic N) is 1. The number of benzene rings is 1. The Morgan fingerprint density at radius 3 is 3.00 bits per heavy atom. The number of amides is 1. The maximum atomic E-state index is 11.9. The second-order valence-corrected chi connectivity index (χ2v) is 5.41. The van der Waals surface area contributed by atoms with Gasteiger partial charge in [-0.05, 0) is 24.6 Å². The predicted octanol–water partition coefficient (Wildman–Crippen LogP) is 1.62. The molecule has 1 aliphatic heterocycles. The van der Waals surface area contributed by atoms with Crippen LogP contribution in [0.4, 0.5) is 5.69 Å². The van der Waals surface area contributed by atoms with E-state index in [0.29, 0.717) is 13.0 Å². The number of hydrogen-bond acceptors (Lipinski definition) is 3. The maximum Gasteiger partial charge on any atom is 0.303 e. The van der Waals surface area contributed by atoms with E-state index >= 15 is 0 Å². The van der Waals surface area contributed by atoms with Gasteiger partial charge in [-0.2, -0.15) is 0 Å². The number of carboxylic acid groups (broad SMARTS) is 1. The van der Waals surface area contributed by atoms with Crippen LogP contribution in [0, 0.1) is 0 Å². The van der Waals surface area contributed by atoms with E-state index in [1.807, 2.05) is 24.3 Å². The van der Waals surface area contributed by atoms with Crippen LogP contribution >= 0.6 is 15.9 Å². The Kier molecular flexibility index (Phi) is 4.55. The van der Waals surface area contributed by atoms with Gasteiger partial charge in [-0.3, -0.25) is 9.59 Å². The standard InChI is InChI=1S/C13H15BrN2O3/c14-9-2-1-3-11(6-9)16-8-10(4-5-13(18)19)15-7-12(16)17/h1-3,6,10,15H,4-5,7-8H2,(H,18,19). The van der Waals surface area contributed by atoms with E-state index in [9.17, 15) is 9.59 Å². The van der Waals surface area contributed by atoms with E-state index in [0.717, 1.165) is 10.2 Å². The molecule has 1 heterocycles. The van der Waals surface area contributed by atoms with Crippen molar-refractivity contribution in [3.05, 3.63) is 28.7 Å². The van der Waals surface area contributed by atoms with Crippen molar-refractivity contribution in [2.24, 2.45) is 0 Å². The van der Waals surface area contributed by atoms with Crippen LogP contribution in [0.1, 0.15) is 12.8 Å². The summed E-state index contributed by atoms with van der Waals surface area (Å²) in [5.41, 5.74) is 0.834. The van der Waals surface area contributed by atoms with Gasteiger partial charge in [-0.15, -0.1) is 0 Å². The minimum atomic E-state index is -0.812. The van der Waals surface area contributed by atoms with E-state index in [1.54, 1.807) is 4.90 Å². The van der Waals surface area contributed by atoms with Gasteiger partial charge < -0.3 is 15.3 Å². The predicted molar refractivity (Wildman–Crippen MR) is 75.2 cm³/mol. The molecule has 0 spiro atoms. The molecule has 1 saturated heterocycles. The van der Waals surface area contributed by atoms with Crippen molar-refractivity contribution in [2.45, 2.75) is 18.9 Å². The molecule has 1 fully saturated rings. The summed E-state index contributed by atoms with van der Waals surface area (Å²) in [5.74, 6) is -0.808. The second kappa shape index (κ2) is 6.16. The first kappa shape index (κ1) is 14.0. The third-order valence-corrected chi connectivity index (χ3v) is 3.57. The average Bonchev–Trinajstić information content (AvgIpc) is 2.37. The molecule has 0 saturated carbocycles. The minimum absolute atomic E-state index is 0.00433. The van der Waals surface area contributed by atoms with E-state index in [2.05, 4.69) is 21.2 Å². The minimum Gasteiger partial charge on any atom is -0.481 e. The second-order valence-electron chi connectivity index (χ2n) is 4.49. The number of hydrogen-bond donors (Lipinski definition) is 2. The van der Waals surface area contributed by atoms with Crippen LogP contribution < -0.4 is 10.2 Å². The van der Waals surface area contributed by atoms with Gasteiger partial charge in [0.1, 0.15) is 0 Å². The molecule has 1 aliphatic rings. The molecule has 5 nitrogen and oxygen atoms in total. The lowest BCUT2D eigenvalue weighted by Gasteiger charge is -2.33. The number of carbonyl (C=O) groups excluding carboxylic acids is 1. The number of halogens is 1. The van der Waals surface area contributed by atoms with E-state index in [1.165, 1.54) is 0 Å². The lowest BCUT2D eigenvalue weighted by Crippen LogP contribution is -2.54. The van der Waals surface area contributed by atoms with Gasteiger partial charge in [0.05, 0.1) is 6.54 Å². The zero-order chi connectivity index (χ0) is 13.8. The molecule has 102 valence electrons. The maximum absolute atomic E-state index is 11.9. The van der Waals surface area contributed by atoms with E-state index in [-0.39, 0.29) is 24.9 Å². The van der Waals surface area contributed by atoms with Crippen LogP contribution in [0.3, 0.4) is 0 Å². The molecule has 2 N–H and O–H groups in total. The summed E-state index contributed by atoms with van der Waals surface area (Å²) in [6.45, 7) is 0.749. The highest BCUT2D eigenvalue weighted by molar-refractivity contribution is 9.10. The van der Waals surface area contributed by atoms with Crippen molar-refractivity contribution >= 4 is 33.5 Å². The summed E-state index contributed by atoms with van der Waals surface area (Å²) < 4.78 is 0.915. The van der Waals surface area contributed by atoms with Gasteiger partial charge in [0.2, 0.25) is 5.91 Å². The van der Waals surface area contributed by atoms with Crippen LogP contribution in [0.15, 0.2) is 28.7 Å². The molecule has 1 amide bonds. The Balaban J connectivity index is 2.06. The molecule has 0 aromatic heterocycles. The SMILES string of the molecule is O=C(O)CCC1CN(c2cccc(Br)c2)C(=O)CN1. The van der Waals surface area contributed by atoms with Crippen LogP contribution in [-0.2, 0) is 9.59 Å². The van der Waals surface area contributed by atoms with Crippen LogP contribution in [0.2, 0.25) is 0 Å². The molecule has 0 bridgehead atoms. The number of rotatable bonds is 4. The quantitative estimate of drug-likeness (QED) is 0.882. The number of carboxylic acids is 1. The summed E-state index contributed by atoms with van der Waals surface area (Å²) in [5, 5.41) is 11.8. The molecule has 1 aromatic carbocycles. The summed E-state index contributed by atoms with van der Waals surface area (Å²) in [7, 11) is 0. The normalized spacial score (nSPS) is 19.5. The summed E-state index contributed by atoms with van der Waals surface area (Å²) in [4.78, 5) is 24.2. The fourth-order valence-electron chi connectivity index (χ4n) is 2.10. The van der Waals surface area contributed by atoms with Crippen molar-refractivity contribution in [3.63, 3.8) is 0 Å².